The average molecular weight is 360 g/mol. The van der Waals surface area contributed by atoms with E-state index in [1.165, 1.54) is 0 Å². The summed E-state index contributed by atoms with van der Waals surface area (Å²) in [7, 11) is 0. The number of nitrogens with zero attached hydrogens (tertiary/aromatic N) is 6. The third kappa shape index (κ3) is 3.30. The normalized spacial score (nSPS) is 10.7. The number of benzene rings is 1. The third-order valence-electron chi connectivity index (χ3n) is 4.01. The molecule has 9 nitrogen and oxygen atoms in total. The predicted octanol–water partition coefficient (Wildman–Crippen LogP) is 2.32. The zero-order chi connectivity index (χ0) is 18.8. The second-order valence-corrected chi connectivity index (χ2v) is 5.95. The van der Waals surface area contributed by atoms with E-state index >= 15 is 0 Å². The monoisotopic (exact) mass is 360 g/mol. The van der Waals surface area contributed by atoms with Gasteiger partial charge in [-0.25, -0.2) is 4.68 Å². The van der Waals surface area contributed by atoms with Crippen molar-refractivity contribution in [2.75, 3.05) is 5.32 Å². The summed E-state index contributed by atoms with van der Waals surface area (Å²) in [5.74, 6) is 0.174. The summed E-state index contributed by atoms with van der Waals surface area (Å²) in [6.45, 7) is 3.79. The number of carbonyl (C=O) groups excluding carboxylic acids is 1. The first-order chi connectivity index (χ1) is 13.1. The van der Waals surface area contributed by atoms with Crippen molar-refractivity contribution in [2.45, 2.75) is 13.8 Å². The molecule has 134 valence electrons. The molecule has 0 aliphatic rings. The fourth-order valence-electron chi connectivity index (χ4n) is 2.57. The van der Waals surface area contributed by atoms with Gasteiger partial charge in [-0.15, -0.1) is 10.2 Å². The Balaban J connectivity index is 1.54. The van der Waals surface area contributed by atoms with Gasteiger partial charge in [-0.05, 0) is 38.1 Å². The zero-order valence-electron chi connectivity index (χ0n) is 14.7. The summed E-state index contributed by atoms with van der Waals surface area (Å²) in [4.78, 5) is 21.0. The number of anilines is 1. The quantitative estimate of drug-likeness (QED) is 0.577. The van der Waals surface area contributed by atoms with Gasteiger partial charge in [0, 0.05) is 6.20 Å². The Bertz CT molecular complexity index is 1080. The molecule has 0 radical (unpaired) electrons. The van der Waals surface area contributed by atoms with Crippen molar-refractivity contribution in [3.05, 3.63) is 65.6 Å². The van der Waals surface area contributed by atoms with E-state index in [0.29, 0.717) is 17.2 Å². The van der Waals surface area contributed by atoms with E-state index in [9.17, 15) is 4.79 Å². The Morgan fingerprint density at radius 3 is 2.67 bits per heavy atom. The van der Waals surface area contributed by atoms with Gasteiger partial charge in [0.1, 0.15) is 5.69 Å². The van der Waals surface area contributed by atoms with Crippen LogP contribution >= 0.6 is 0 Å². The van der Waals surface area contributed by atoms with Crippen molar-refractivity contribution >= 4 is 11.9 Å². The summed E-state index contributed by atoms with van der Waals surface area (Å²) < 4.78 is 1.62. The van der Waals surface area contributed by atoms with Crippen LogP contribution in [0.5, 0.6) is 0 Å². The SMILES string of the molecule is Cc1ccc(-n2nnc(C(=O)Nc3n[nH]c(-c4ccccn4)n3)c2C)cc1. The molecule has 0 saturated heterocycles. The second kappa shape index (κ2) is 6.79. The van der Waals surface area contributed by atoms with Crippen LogP contribution in [0.4, 0.5) is 5.95 Å². The minimum atomic E-state index is -0.433. The number of hydrogen-bond acceptors (Lipinski definition) is 6. The van der Waals surface area contributed by atoms with Gasteiger partial charge in [0.05, 0.1) is 11.4 Å². The van der Waals surface area contributed by atoms with E-state index in [1.807, 2.05) is 43.3 Å². The summed E-state index contributed by atoms with van der Waals surface area (Å²) in [5.41, 5.74) is 3.44. The molecule has 0 saturated carbocycles. The molecule has 4 rings (SSSR count). The molecule has 3 heterocycles. The Morgan fingerprint density at radius 2 is 1.93 bits per heavy atom. The molecule has 27 heavy (non-hydrogen) atoms. The summed E-state index contributed by atoms with van der Waals surface area (Å²) >= 11 is 0. The molecule has 0 bridgehead atoms. The van der Waals surface area contributed by atoms with Gasteiger partial charge in [-0.2, -0.15) is 4.98 Å². The molecule has 0 unspecified atom stereocenters. The summed E-state index contributed by atoms with van der Waals surface area (Å²) in [6, 6.07) is 13.2. The van der Waals surface area contributed by atoms with Crippen LogP contribution in [0.1, 0.15) is 21.7 Å². The maximum atomic E-state index is 12.5. The van der Waals surface area contributed by atoms with Crippen LogP contribution in [0.3, 0.4) is 0 Å². The molecule has 2 N–H and O–H groups in total. The van der Waals surface area contributed by atoms with Crippen molar-refractivity contribution in [3.8, 4) is 17.2 Å². The largest absolute Gasteiger partial charge is 0.288 e. The van der Waals surface area contributed by atoms with Crippen LogP contribution in [-0.2, 0) is 0 Å². The number of nitrogens with one attached hydrogen (secondary N) is 2. The second-order valence-electron chi connectivity index (χ2n) is 5.95. The number of hydrogen-bond donors (Lipinski definition) is 2. The summed E-state index contributed by atoms with van der Waals surface area (Å²) in [5, 5.41) is 17.5. The van der Waals surface area contributed by atoms with E-state index in [1.54, 1.807) is 23.9 Å². The molecule has 0 aliphatic carbocycles. The van der Waals surface area contributed by atoms with Crippen LogP contribution in [0.25, 0.3) is 17.2 Å². The molecule has 0 aliphatic heterocycles. The highest BCUT2D eigenvalue weighted by Gasteiger charge is 2.19. The van der Waals surface area contributed by atoms with Crippen LogP contribution in [0.2, 0.25) is 0 Å². The first kappa shape index (κ1) is 16.6. The molecule has 1 aromatic carbocycles. The maximum Gasteiger partial charge on any atom is 0.280 e. The molecule has 4 aromatic rings. The fourth-order valence-corrected chi connectivity index (χ4v) is 2.57. The van der Waals surface area contributed by atoms with Crippen LogP contribution in [-0.4, -0.2) is 41.1 Å². The standard InChI is InChI=1S/C18H16N8O/c1-11-6-8-13(9-7-11)26-12(2)15(22-25-26)17(27)21-18-20-16(23-24-18)14-5-3-4-10-19-14/h3-10H,1-2H3,(H2,20,21,23,24,27). The number of rotatable bonds is 4. The zero-order valence-corrected chi connectivity index (χ0v) is 14.7. The Morgan fingerprint density at radius 1 is 1.11 bits per heavy atom. The molecule has 0 fully saturated rings. The lowest BCUT2D eigenvalue weighted by molar-refractivity contribution is 0.102. The lowest BCUT2D eigenvalue weighted by atomic mass is 10.2. The van der Waals surface area contributed by atoms with Gasteiger partial charge in [-0.3, -0.25) is 20.2 Å². The fraction of sp³-hybridized carbons (Fsp3) is 0.111. The van der Waals surface area contributed by atoms with Gasteiger partial charge in [0.25, 0.3) is 5.91 Å². The average Bonchev–Trinajstić information content (AvgIpc) is 3.30. The predicted molar refractivity (Wildman–Crippen MR) is 98.4 cm³/mol. The Kier molecular flexibility index (Phi) is 4.17. The van der Waals surface area contributed by atoms with Gasteiger partial charge >= 0.3 is 0 Å². The minimum Gasteiger partial charge on any atom is -0.288 e. The highest BCUT2D eigenvalue weighted by molar-refractivity contribution is 6.02. The van der Waals surface area contributed by atoms with Gasteiger partial charge in [-0.1, -0.05) is 29.0 Å². The molecular weight excluding hydrogens is 344 g/mol. The van der Waals surface area contributed by atoms with Crippen LogP contribution in [0, 0.1) is 13.8 Å². The Labute approximate surface area is 154 Å². The van der Waals surface area contributed by atoms with Gasteiger partial charge in [0.2, 0.25) is 5.95 Å². The van der Waals surface area contributed by atoms with E-state index in [-0.39, 0.29) is 11.6 Å². The van der Waals surface area contributed by atoms with Gasteiger partial charge in [0.15, 0.2) is 11.5 Å². The van der Waals surface area contributed by atoms with Crippen molar-refractivity contribution in [3.63, 3.8) is 0 Å². The number of aromatic amines is 1. The maximum absolute atomic E-state index is 12.5. The minimum absolute atomic E-state index is 0.143. The van der Waals surface area contributed by atoms with Crippen molar-refractivity contribution in [1.82, 2.24) is 35.2 Å². The number of pyridine rings is 1. The molecule has 0 spiro atoms. The van der Waals surface area contributed by atoms with E-state index in [4.69, 9.17) is 0 Å². The lowest BCUT2D eigenvalue weighted by Gasteiger charge is -2.04. The highest BCUT2D eigenvalue weighted by atomic mass is 16.2. The molecule has 9 heteroatoms. The number of H-pyrrole nitrogens is 1. The summed E-state index contributed by atoms with van der Waals surface area (Å²) in [6.07, 6.45) is 1.66. The van der Waals surface area contributed by atoms with Crippen molar-refractivity contribution < 1.29 is 4.79 Å². The molecular formula is C18H16N8O. The first-order valence-corrected chi connectivity index (χ1v) is 8.26. The topological polar surface area (TPSA) is 114 Å². The lowest BCUT2D eigenvalue weighted by Crippen LogP contribution is -2.15. The van der Waals surface area contributed by atoms with E-state index in [0.717, 1.165) is 11.3 Å². The van der Waals surface area contributed by atoms with Gasteiger partial charge < -0.3 is 0 Å². The number of carbonyl (C=O) groups is 1. The third-order valence-corrected chi connectivity index (χ3v) is 4.01. The number of aryl methyl sites for hydroxylation is 1. The van der Waals surface area contributed by atoms with E-state index < -0.39 is 5.91 Å². The van der Waals surface area contributed by atoms with Crippen LogP contribution in [0.15, 0.2) is 48.7 Å². The first-order valence-electron chi connectivity index (χ1n) is 8.26. The molecule has 3 aromatic heterocycles. The van der Waals surface area contributed by atoms with E-state index in [2.05, 4.69) is 35.8 Å². The van der Waals surface area contributed by atoms with Crippen LogP contribution < -0.4 is 5.32 Å². The molecule has 0 atom stereocenters. The number of aromatic nitrogens is 7. The Hall–Kier alpha value is -3.88. The van der Waals surface area contributed by atoms with Crippen molar-refractivity contribution in [2.24, 2.45) is 0 Å². The highest BCUT2D eigenvalue weighted by Crippen LogP contribution is 2.15. The van der Waals surface area contributed by atoms with Crippen molar-refractivity contribution in [1.29, 1.82) is 0 Å². The number of amides is 1. The smallest absolute Gasteiger partial charge is 0.280 e. The molecule has 1 amide bonds.